The average molecular weight is 301 g/mol. The first-order chi connectivity index (χ1) is 10.7. The van der Waals surface area contributed by atoms with Gasteiger partial charge in [-0.05, 0) is 30.9 Å². The van der Waals surface area contributed by atoms with Crippen LogP contribution in [-0.4, -0.2) is 31.1 Å². The van der Waals surface area contributed by atoms with Crippen molar-refractivity contribution in [1.82, 2.24) is 5.32 Å². The number of nitrogens with one attached hydrogen (secondary N) is 1. The Morgan fingerprint density at radius 2 is 1.91 bits per heavy atom. The maximum absolute atomic E-state index is 12.4. The molecule has 3 N–H and O–H groups in total. The minimum absolute atomic E-state index is 0.112. The van der Waals surface area contributed by atoms with Crippen LogP contribution in [0.25, 0.3) is 0 Å². The standard InChI is InChI=1S/C18H27N3O/c19-15-11-14-7-5-6-10-17(14)21(12-15)13-18(22)20-16-8-3-1-2-4-9-16/h5-7,10,15-16H,1-4,8-9,11-13,19H2,(H,20,22). The number of hydrogen-bond donors (Lipinski definition) is 2. The van der Waals surface area contributed by atoms with Gasteiger partial charge in [-0.15, -0.1) is 0 Å². The zero-order chi connectivity index (χ0) is 15.4. The number of nitrogens with zero attached hydrogens (tertiary/aromatic N) is 1. The molecular weight excluding hydrogens is 274 g/mol. The Morgan fingerprint density at radius 3 is 2.68 bits per heavy atom. The number of rotatable bonds is 3. The zero-order valence-corrected chi connectivity index (χ0v) is 13.3. The maximum Gasteiger partial charge on any atom is 0.239 e. The predicted octanol–water partition coefficient (Wildman–Crippen LogP) is 2.22. The first-order valence-corrected chi connectivity index (χ1v) is 8.60. The molecule has 0 aromatic heterocycles. The highest BCUT2D eigenvalue weighted by atomic mass is 16.2. The quantitative estimate of drug-likeness (QED) is 0.842. The number of carbonyl (C=O) groups excluding carboxylic acids is 1. The van der Waals surface area contributed by atoms with E-state index in [9.17, 15) is 4.79 Å². The number of carbonyl (C=O) groups is 1. The van der Waals surface area contributed by atoms with Crippen LogP contribution in [0.1, 0.15) is 44.1 Å². The number of anilines is 1. The van der Waals surface area contributed by atoms with Crippen molar-refractivity contribution in [3.8, 4) is 0 Å². The molecule has 120 valence electrons. The molecule has 3 rings (SSSR count). The highest BCUT2D eigenvalue weighted by Crippen LogP contribution is 2.26. The van der Waals surface area contributed by atoms with Crippen molar-refractivity contribution in [3.05, 3.63) is 29.8 Å². The first-order valence-electron chi connectivity index (χ1n) is 8.60. The van der Waals surface area contributed by atoms with E-state index in [4.69, 9.17) is 5.73 Å². The van der Waals surface area contributed by atoms with Crippen LogP contribution in [0.15, 0.2) is 24.3 Å². The van der Waals surface area contributed by atoms with Gasteiger partial charge in [-0.1, -0.05) is 43.9 Å². The Morgan fingerprint density at radius 1 is 1.18 bits per heavy atom. The minimum Gasteiger partial charge on any atom is -0.360 e. The van der Waals surface area contributed by atoms with E-state index in [0.717, 1.165) is 25.8 Å². The van der Waals surface area contributed by atoms with Crippen LogP contribution in [0, 0.1) is 0 Å². The number of fused-ring (bicyclic) bond motifs is 1. The molecule has 1 fully saturated rings. The maximum atomic E-state index is 12.4. The third-order valence-corrected chi connectivity index (χ3v) is 4.82. The largest absolute Gasteiger partial charge is 0.360 e. The second kappa shape index (κ2) is 7.14. The summed E-state index contributed by atoms with van der Waals surface area (Å²) in [5.74, 6) is 0.135. The van der Waals surface area contributed by atoms with E-state index in [1.54, 1.807) is 0 Å². The van der Waals surface area contributed by atoms with Gasteiger partial charge < -0.3 is 16.0 Å². The molecule has 1 atom stereocenters. The highest BCUT2D eigenvalue weighted by molar-refractivity contribution is 5.82. The van der Waals surface area contributed by atoms with Crippen LogP contribution in [0.5, 0.6) is 0 Å². The Balaban J connectivity index is 1.61. The average Bonchev–Trinajstić information content (AvgIpc) is 2.75. The lowest BCUT2D eigenvalue weighted by molar-refractivity contribution is -0.120. The molecule has 1 amide bonds. The molecule has 1 heterocycles. The van der Waals surface area contributed by atoms with Crippen molar-refractivity contribution < 1.29 is 4.79 Å². The lowest BCUT2D eigenvalue weighted by Crippen LogP contribution is -2.48. The fourth-order valence-electron chi connectivity index (χ4n) is 3.74. The summed E-state index contributed by atoms with van der Waals surface area (Å²) >= 11 is 0. The summed E-state index contributed by atoms with van der Waals surface area (Å²) < 4.78 is 0. The Hall–Kier alpha value is -1.55. The number of amides is 1. The third kappa shape index (κ3) is 3.80. The molecule has 2 aliphatic rings. The molecule has 0 bridgehead atoms. The van der Waals surface area contributed by atoms with E-state index < -0.39 is 0 Å². The smallest absolute Gasteiger partial charge is 0.239 e. The van der Waals surface area contributed by atoms with E-state index in [1.165, 1.54) is 36.9 Å². The Labute approximate surface area is 133 Å². The first kappa shape index (κ1) is 15.3. The van der Waals surface area contributed by atoms with Gasteiger partial charge in [0.05, 0.1) is 6.54 Å². The van der Waals surface area contributed by atoms with Crippen molar-refractivity contribution in [2.45, 2.75) is 57.0 Å². The van der Waals surface area contributed by atoms with Crippen LogP contribution in [-0.2, 0) is 11.2 Å². The molecule has 1 saturated carbocycles. The lowest BCUT2D eigenvalue weighted by Gasteiger charge is -2.34. The van der Waals surface area contributed by atoms with Crippen molar-refractivity contribution in [2.24, 2.45) is 5.73 Å². The number of benzene rings is 1. The van der Waals surface area contributed by atoms with Gasteiger partial charge >= 0.3 is 0 Å². The second-order valence-electron chi connectivity index (χ2n) is 6.73. The Bertz CT molecular complexity index is 509. The van der Waals surface area contributed by atoms with Gasteiger partial charge in [-0.2, -0.15) is 0 Å². The molecule has 0 saturated heterocycles. The molecule has 1 aromatic carbocycles. The SMILES string of the molecule is NC1Cc2ccccc2N(CC(=O)NC2CCCCCC2)C1. The van der Waals surface area contributed by atoms with E-state index >= 15 is 0 Å². The summed E-state index contributed by atoms with van der Waals surface area (Å²) in [6.07, 6.45) is 8.24. The Kier molecular flexibility index (Phi) is 4.98. The van der Waals surface area contributed by atoms with Crippen molar-refractivity contribution in [1.29, 1.82) is 0 Å². The van der Waals surface area contributed by atoms with E-state index in [0.29, 0.717) is 12.6 Å². The number of para-hydroxylation sites is 1. The molecular formula is C18H27N3O. The molecule has 4 nitrogen and oxygen atoms in total. The third-order valence-electron chi connectivity index (χ3n) is 4.82. The molecule has 1 aromatic rings. The number of hydrogen-bond acceptors (Lipinski definition) is 3. The normalized spacial score (nSPS) is 22.8. The van der Waals surface area contributed by atoms with Gasteiger partial charge in [0.1, 0.15) is 0 Å². The van der Waals surface area contributed by atoms with Crippen LogP contribution in [0.3, 0.4) is 0 Å². The summed E-state index contributed by atoms with van der Waals surface area (Å²) in [6, 6.07) is 8.77. The summed E-state index contributed by atoms with van der Waals surface area (Å²) in [6.45, 7) is 1.18. The van der Waals surface area contributed by atoms with Gasteiger partial charge in [-0.25, -0.2) is 0 Å². The fraction of sp³-hybridized carbons (Fsp3) is 0.611. The van der Waals surface area contributed by atoms with Crippen LogP contribution in [0.2, 0.25) is 0 Å². The van der Waals surface area contributed by atoms with Crippen molar-refractivity contribution >= 4 is 11.6 Å². The highest BCUT2D eigenvalue weighted by Gasteiger charge is 2.24. The van der Waals surface area contributed by atoms with Crippen molar-refractivity contribution in [2.75, 3.05) is 18.0 Å². The molecule has 22 heavy (non-hydrogen) atoms. The molecule has 0 radical (unpaired) electrons. The zero-order valence-electron chi connectivity index (χ0n) is 13.3. The fourth-order valence-corrected chi connectivity index (χ4v) is 3.74. The monoisotopic (exact) mass is 301 g/mol. The molecule has 1 aliphatic carbocycles. The summed E-state index contributed by atoms with van der Waals surface area (Å²) in [5, 5.41) is 3.23. The second-order valence-corrected chi connectivity index (χ2v) is 6.73. The van der Waals surface area contributed by atoms with Gasteiger partial charge in [0.2, 0.25) is 5.91 Å². The van der Waals surface area contributed by atoms with Gasteiger partial charge in [0.15, 0.2) is 0 Å². The molecule has 1 aliphatic heterocycles. The topological polar surface area (TPSA) is 58.4 Å². The van der Waals surface area contributed by atoms with Gasteiger partial charge in [0, 0.05) is 24.3 Å². The van der Waals surface area contributed by atoms with Gasteiger partial charge in [-0.3, -0.25) is 4.79 Å². The number of nitrogens with two attached hydrogens (primary N) is 1. The van der Waals surface area contributed by atoms with Crippen LogP contribution >= 0.6 is 0 Å². The van der Waals surface area contributed by atoms with Crippen molar-refractivity contribution in [3.63, 3.8) is 0 Å². The summed E-state index contributed by atoms with van der Waals surface area (Å²) in [5.41, 5.74) is 8.57. The van der Waals surface area contributed by atoms with Crippen LogP contribution < -0.4 is 16.0 Å². The van der Waals surface area contributed by atoms with Crippen LogP contribution in [0.4, 0.5) is 5.69 Å². The van der Waals surface area contributed by atoms with E-state index in [-0.39, 0.29) is 11.9 Å². The van der Waals surface area contributed by atoms with Gasteiger partial charge in [0.25, 0.3) is 0 Å². The van der Waals surface area contributed by atoms with E-state index in [1.807, 2.05) is 12.1 Å². The molecule has 4 heteroatoms. The molecule has 1 unspecified atom stereocenters. The minimum atomic E-state index is 0.112. The molecule has 0 spiro atoms. The predicted molar refractivity (Wildman–Crippen MR) is 90.0 cm³/mol. The lowest BCUT2D eigenvalue weighted by atomic mass is 9.98. The summed E-state index contributed by atoms with van der Waals surface area (Å²) in [4.78, 5) is 14.5. The van der Waals surface area contributed by atoms with E-state index in [2.05, 4.69) is 22.3 Å². The summed E-state index contributed by atoms with van der Waals surface area (Å²) in [7, 11) is 0.